The Kier molecular flexibility index (Phi) is 6.70. The summed E-state index contributed by atoms with van der Waals surface area (Å²) < 4.78 is 9.39. The fourth-order valence-corrected chi connectivity index (χ4v) is 4.57. The number of carbonyl (C=O) groups excluding carboxylic acids is 1. The van der Waals surface area contributed by atoms with E-state index in [2.05, 4.69) is 21.0 Å². The summed E-state index contributed by atoms with van der Waals surface area (Å²) in [6, 6.07) is 12.8. The molecule has 0 aliphatic carbocycles. The molecule has 0 N–H and O–H groups in total. The van der Waals surface area contributed by atoms with Gasteiger partial charge in [-0.15, -0.1) is 0 Å². The van der Waals surface area contributed by atoms with E-state index >= 15 is 0 Å². The largest absolute Gasteiger partial charge is 0.464 e. The summed E-state index contributed by atoms with van der Waals surface area (Å²) in [5.41, 5.74) is 3.01. The van der Waals surface area contributed by atoms with Gasteiger partial charge < -0.3 is 9.30 Å². The molecule has 0 saturated carbocycles. The Balaban J connectivity index is 1.91. The molecule has 2 aromatic carbocycles. The summed E-state index contributed by atoms with van der Waals surface area (Å²) in [6.45, 7) is 9.85. The highest BCUT2D eigenvalue weighted by Crippen LogP contribution is 2.29. The van der Waals surface area contributed by atoms with Crippen molar-refractivity contribution in [2.75, 3.05) is 6.61 Å². The molecular formula is C26H27BrN4O3. The number of esters is 1. The van der Waals surface area contributed by atoms with Crippen LogP contribution in [-0.2, 0) is 9.53 Å². The van der Waals surface area contributed by atoms with E-state index in [0.717, 1.165) is 26.6 Å². The molecule has 0 aliphatic rings. The number of nitrogens with zero attached hydrogens (tertiary/aromatic N) is 4. The Labute approximate surface area is 206 Å². The van der Waals surface area contributed by atoms with Crippen molar-refractivity contribution in [3.05, 3.63) is 74.4 Å². The monoisotopic (exact) mass is 522 g/mol. The standard InChI is InChI=1S/C26H27BrN4O3/c1-6-34-26(33)17(5)30-16(4)21(19-9-7-8-10-23(19)30)14-28-31-24(15(2)3)29-22-12-11-18(27)13-20(22)25(31)32/h7-15,17H,6H2,1-5H3/t17-/m1/s1. The number of halogens is 1. The van der Waals surface area contributed by atoms with Gasteiger partial charge in [0.25, 0.3) is 5.56 Å². The molecule has 176 valence electrons. The van der Waals surface area contributed by atoms with Crippen LogP contribution in [0.2, 0.25) is 0 Å². The van der Waals surface area contributed by atoms with Gasteiger partial charge in [-0.2, -0.15) is 9.78 Å². The van der Waals surface area contributed by atoms with E-state index in [4.69, 9.17) is 9.72 Å². The average molecular weight is 523 g/mol. The van der Waals surface area contributed by atoms with Gasteiger partial charge in [0.05, 0.1) is 23.7 Å². The van der Waals surface area contributed by atoms with Gasteiger partial charge in [-0.1, -0.05) is 48.0 Å². The van der Waals surface area contributed by atoms with Crippen LogP contribution in [0.4, 0.5) is 0 Å². The quantitative estimate of drug-likeness (QED) is 0.245. The summed E-state index contributed by atoms with van der Waals surface area (Å²) in [4.78, 5) is 30.6. The van der Waals surface area contributed by atoms with E-state index < -0.39 is 6.04 Å². The molecule has 34 heavy (non-hydrogen) atoms. The van der Waals surface area contributed by atoms with Gasteiger partial charge in [0, 0.05) is 32.6 Å². The molecule has 8 heteroatoms. The van der Waals surface area contributed by atoms with E-state index in [1.54, 1.807) is 19.2 Å². The van der Waals surface area contributed by atoms with Crippen molar-refractivity contribution >= 4 is 49.9 Å². The number of hydrogen-bond acceptors (Lipinski definition) is 5. The summed E-state index contributed by atoms with van der Waals surface area (Å²) >= 11 is 3.44. The highest BCUT2D eigenvalue weighted by Gasteiger charge is 2.23. The van der Waals surface area contributed by atoms with Crippen molar-refractivity contribution in [3.63, 3.8) is 0 Å². The molecule has 0 saturated heterocycles. The van der Waals surface area contributed by atoms with Crippen LogP contribution in [0.15, 0.2) is 56.8 Å². The number of rotatable bonds is 6. The number of fused-ring (bicyclic) bond motifs is 2. The van der Waals surface area contributed by atoms with Crippen LogP contribution >= 0.6 is 15.9 Å². The van der Waals surface area contributed by atoms with Crippen LogP contribution in [0.25, 0.3) is 21.8 Å². The number of ether oxygens (including phenoxy) is 1. The third-order valence-electron chi connectivity index (χ3n) is 5.87. The van der Waals surface area contributed by atoms with Crippen LogP contribution in [0, 0.1) is 6.92 Å². The number of para-hydroxylation sites is 1. The van der Waals surface area contributed by atoms with Gasteiger partial charge >= 0.3 is 5.97 Å². The van der Waals surface area contributed by atoms with Gasteiger partial charge in [-0.25, -0.2) is 9.78 Å². The minimum absolute atomic E-state index is 0.0100. The normalized spacial score (nSPS) is 12.8. The fourth-order valence-electron chi connectivity index (χ4n) is 4.21. The van der Waals surface area contributed by atoms with Crippen LogP contribution in [0.3, 0.4) is 0 Å². The number of aromatic nitrogens is 3. The van der Waals surface area contributed by atoms with E-state index in [1.165, 1.54) is 4.68 Å². The van der Waals surface area contributed by atoms with Gasteiger partial charge in [0.2, 0.25) is 0 Å². The molecule has 0 aliphatic heterocycles. The SMILES string of the molecule is CCOC(=O)[C@@H](C)n1c(C)c(C=Nn2c(C(C)C)nc3ccc(Br)cc3c2=O)c2ccccc21. The Morgan fingerprint density at radius 2 is 1.91 bits per heavy atom. The number of hydrogen-bond donors (Lipinski definition) is 0. The number of carbonyl (C=O) groups is 1. The second-order valence-electron chi connectivity index (χ2n) is 8.46. The van der Waals surface area contributed by atoms with E-state index in [9.17, 15) is 9.59 Å². The first-order valence-corrected chi connectivity index (χ1v) is 12.1. The first kappa shape index (κ1) is 23.9. The van der Waals surface area contributed by atoms with Crippen molar-refractivity contribution < 1.29 is 9.53 Å². The Morgan fingerprint density at radius 3 is 2.62 bits per heavy atom. The predicted octanol–water partition coefficient (Wildman–Crippen LogP) is 5.55. The minimum atomic E-state index is -0.499. The molecule has 0 unspecified atom stereocenters. The Hall–Kier alpha value is -3.26. The second kappa shape index (κ2) is 9.54. The van der Waals surface area contributed by atoms with Crippen LogP contribution in [-0.4, -0.2) is 33.0 Å². The van der Waals surface area contributed by atoms with Crippen molar-refractivity contribution in [1.29, 1.82) is 0 Å². The molecule has 2 aromatic heterocycles. The lowest BCUT2D eigenvalue weighted by atomic mass is 10.1. The molecule has 0 radical (unpaired) electrons. The lowest BCUT2D eigenvalue weighted by Gasteiger charge is -2.16. The second-order valence-corrected chi connectivity index (χ2v) is 9.38. The number of benzene rings is 2. The minimum Gasteiger partial charge on any atom is -0.464 e. The van der Waals surface area contributed by atoms with Crippen molar-refractivity contribution in [3.8, 4) is 0 Å². The molecule has 1 atom stereocenters. The van der Waals surface area contributed by atoms with E-state index in [0.29, 0.717) is 23.3 Å². The zero-order valence-electron chi connectivity index (χ0n) is 19.9. The summed E-state index contributed by atoms with van der Waals surface area (Å²) in [7, 11) is 0. The van der Waals surface area contributed by atoms with Gasteiger partial charge in [-0.05, 0) is 45.0 Å². The topological polar surface area (TPSA) is 78.5 Å². The van der Waals surface area contributed by atoms with Crippen molar-refractivity contribution in [1.82, 2.24) is 14.2 Å². The highest BCUT2D eigenvalue weighted by molar-refractivity contribution is 9.10. The molecule has 4 rings (SSSR count). The van der Waals surface area contributed by atoms with Crippen LogP contribution in [0.5, 0.6) is 0 Å². The molecule has 4 aromatic rings. The first-order chi connectivity index (χ1) is 16.2. The van der Waals surface area contributed by atoms with Gasteiger partial charge in [0.1, 0.15) is 11.9 Å². The smallest absolute Gasteiger partial charge is 0.328 e. The Bertz CT molecular complexity index is 1480. The zero-order chi connectivity index (χ0) is 24.6. The maximum atomic E-state index is 13.4. The van der Waals surface area contributed by atoms with Crippen molar-refractivity contribution in [2.45, 2.75) is 46.6 Å². The molecule has 0 bridgehead atoms. The van der Waals surface area contributed by atoms with Crippen molar-refractivity contribution in [2.24, 2.45) is 5.10 Å². The lowest BCUT2D eigenvalue weighted by molar-refractivity contribution is -0.146. The fraction of sp³-hybridized carbons (Fsp3) is 0.308. The maximum Gasteiger partial charge on any atom is 0.328 e. The summed E-state index contributed by atoms with van der Waals surface area (Å²) in [5, 5.41) is 6.05. The molecule has 0 fully saturated rings. The molecule has 7 nitrogen and oxygen atoms in total. The molecule has 0 spiro atoms. The highest BCUT2D eigenvalue weighted by atomic mass is 79.9. The van der Waals surface area contributed by atoms with E-state index in [1.807, 2.05) is 68.7 Å². The maximum absolute atomic E-state index is 13.4. The lowest BCUT2D eigenvalue weighted by Crippen LogP contribution is -2.23. The Morgan fingerprint density at radius 1 is 1.18 bits per heavy atom. The third-order valence-corrected chi connectivity index (χ3v) is 6.37. The van der Waals surface area contributed by atoms with Gasteiger partial charge in [0.15, 0.2) is 0 Å². The molecule has 2 heterocycles. The van der Waals surface area contributed by atoms with Crippen LogP contribution in [0.1, 0.15) is 56.7 Å². The van der Waals surface area contributed by atoms with Gasteiger partial charge in [-0.3, -0.25) is 4.79 Å². The summed E-state index contributed by atoms with van der Waals surface area (Å²) in [5.74, 6) is 0.277. The first-order valence-electron chi connectivity index (χ1n) is 11.3. The van der Waals surface area contributed by atoms with Crippen LogP contribution < -0.4 is 5.56 Å². The molecule has 0 amide bonds. The molecular weight excluding hydrogens is 496 g/mol. The summed E-state index contributed by atoms with van der Waals surface area (Å²) in [6.07, 6.45) is 1.69. The average Bonchev–Trinajstić information content (AvgIpc) is 3.09. The third kappa shape index (κ3) is 4.18. The van der Waals surface area contributed by atoms with E-state index in [-0.39, 0.29) is 17.4 Å². The zero-order valence-corrected chi connectivity index (χ0v) is 21.5. The predicted molar refractivity (Wildman–Crippen MR) is 139 cm³/mol.